The van der Waals surface area contributed by atoms with Crippen molar-refractivity contribution in [1.29, 1.82) is 0 Å². The predicted molar refractivity (Wildman–Crippen MR) is 96.4 cm³/mol. The molecule has 0 aliphatic rings. The first-order valence-corrected chi connectivity index (χ1v) is 8.17. The summed E-state index contributed by atoms with van der Waals surface area (Å²) in [6, 6.07) is 13.4. The molecule has 0 saturated carbocycles. The van der Waals surface area contributed by atoms with E-state index in [1.54, 1.807) is 12.1 Å². The van der Waals surface area contributed by atoms with Crippen LogP contribution in [0.4, 0.5) is 15.9 Å². The Labute approximate surface area is 145 Å². The molecule has 3 aromatic rings. The highest BCUT2D eigenvalue weighted by atomic mass is 19.1. The number of nitrogens with zero attached hydrogens (tertiary/aromatic N) is 2. The number of carbonyl (C=O) groups is 1. The quantitative estimate of drug-likeness (QED) is 0.737. The molecule has 0 unspecified atom stereocenters. The molecule has 1 heterocycles. The Morgan fingerprint density at radius 3 is 2.56 bits per heavy atom. The Morgan fingerprint density at radius 1 is 1.12 bits per heavy atom. The number of aromatic nitrogens is 2. The molecule has 128 valence electrons. The van der Waals surface area contributed by atoms with Gasteiger partial charge in [0.15, 0.2) is 0 Å². The number of hydrogen-bond acceptors (Lipinski definition) is 4. The van der Waals surface area contributed by atoms with Gasteiger partial charge in [0.25, 0.3) is 5.91 Å². The molecular weight excluding hydrogens is 319 g/mol. The number of anilines is 2. The lowest BCUT2D eigenvalue weighted by atomic mass is 10.2. The van der Waals surface area contributed by atoms with Gasteiger partial charge in [-0.2, -0.15) is 0 Å². The first-order valence-electron chi connectivity index (χ1n) is 8.17. The van der Waals surface area contributed by atoms with Crippen LogP contribution in [-0.2, 0) is 0 Å². The third-order valence-electron chi connectivity index (χ3n) is 3.90. The fourth-order valence-corrected chi connectivity index (χ4v) is 2.33. The van der Waals surface area contributed by atoms with E-state index in [9.17, 15) is 9.18 Å². The average molecular weight is 338 g/mol. The highest BCUT2D eigenvalue weighted by Gasteiger charge is 2.15. The van der Waals surface area contributed by atoms with Crippen LogP contribution in [0.5, 0.6) is 0 Å². The number of rotatable bonds is 5. The van der Waals surface area contributed by atoms with Crippen molar-refractivity contribution in [2.75, 3.05) is 5.32 Å². The van der Waals surface area contributed by atoms with E-state index in [2.05, 4.69) is 20.6 Å². The third-order valence-corrected chi connectivity index (χ3v) is 3.90. The normalized spacial score (nSPS) is 12.0. The molecule has 0 radical (unpaired) electrons. The molecule has 1 atom stereocenters. The molecule has 0 aliphatic heterocycles. The van der Waals surface area contributed by atoms with Crippen molar-refractivity contribution in [2.45, 2.75) is 26.3 Å². The van der Waals surface area contributed by atoms with Gasteiger partial charge in [-0.15, -0.1) is 0 Å². The number of para-hydroxylation sites is 1. The van der Waals surface area contributed by atoms with E-state index >= 15 is 0 Å². The molecule has 0 aliphatic carbocycles. The van der Waals surface area contributed by atoms with Crippen LogP contribution < -0.4 is 10.6 Å². The van der Waals surface area contributed by atoms with E-state index in [1.807, 2.05) is 38.1 Å². The second-order valence-electron chi connectivity index (χ2n) is 5.83. The minimum absolute atomic E-state index is 0.0380. The first kappa shape index (κ1) is 16.8. The van der Waals surface area contributed by atoms with Crippen LogP contribution in [0.2, 0.25) is 0 Å². The maximum Gasteiger partial charge on any atom is 0.289 e. The van der Waals surface area contributed by atoms with Gasteiger partial charge in [-0.25, -0.2) is 14.4 Å². The second-order valence-corrected chi connectivity index (χ2v) is 5.83. The van der Waals surface area contributed by atoms with Crippen LogP contribution in [-0.4, -0.2) is 21.9 Å². The minimum Gasteiger partial charge on any atom is -0.347 e. The maximum absolute atomic E-state index is 13.1. The number of nitrogens with one attached hydrogen (secondary N) is 2. The van der Waals surface area contributed by atoms with Crippen LogP contribution in [0.3, 0.4) is 0 Å². The summed E-state index contributed by atoms with van der Waals surface area (Å²) in [6.07, 6.45) is 0.819. The molecule has 5 nitrogen and oxygen atoms in total. The predicted octanol–water partition coefficient (Wildman–Crippen LogP) is 4.04. The van der Waals surface area contributed by atoms with Crippen molar-refractivity contribution in [3.8, 4) is 0 Å². The van der Waals surface area contributed by atoms with Crippen LogP contribution in [0.1, 0.15) is 30.9 Å². The molecule has 6 heteroatoms. The van der Waals surface area contributed by atoms with Crippen molar-refractivity contribution >= 4 is 28.3 Å². The van der Waals surface area contributed by atoms with Gasteiger partial charge in [0.2, 0.25) is 5.82 Å². The molecule has 2 aromatic carbocycles. The van der Waals surface area contributed by atoms with Crippen LogP contribution in [0.25, 0.3) is 10.9 Å². The summed E-state index contributed by atoms with van der Waals surface area (Å²) in [5.74, 6) is -0.0240. The molecule has 0 saturated heterocycles. The van der Waals surface area contributed by atoms with Crippen molar-refractivity contribution in [1.82, 2.24) is 15.3 Å². The summed E-state index contributed by atoms with van der Waals surface area (Å²) >= 11 is 0. The van der Waals surface area contributed by atoms with Gasteiger partial charge >= 0.3 is 0 Å². The summed E-state index contributed by atoms with van der Waals surface area (Å²) in [6.45, 7) is 3.92. The maximum atomic E-state index is 13.1. The number of fused-ring (bicyclic) bond motifs is 1. The Bertz CT molecular complexity index is 896. The fraction of sp³-hybridized carbons (Fsp3) is 0.211. The van der Waals surface area contributed by atoms with E-state index in [4.69, 9.17) is 0 Å². The molecule has 25 heavy (non-hydrogen) atoms. The Morgan fingerprint density at radius 2 is 1.84 bits per heavy atom. The Balaban J connectivity index is 2.00. The highest BCUT2D eigenvalue weighted by Crippen LogP contribution is 2.24. The van der Waals surface area contributed by atoms with E-state index in [-0.39, 0.29) is 23.6 Å². The standard InChI is InChI=1S/C19H19FN4O/c1-3-12(2)21-19(25)18-23-16-7-5-4-6-15(16)17(24-18)22-14-10-8-13(20)9-11-14/h4-12H,3H2,1-2H3,(H,21,25)(H,22,23,24)/t12-/m0/s1. The number of carbonyl (C=O) groups excluding carboxylic acids is 1. The smallest absolute Gasteiger partial charge is 0.289 e. The van der Waals surface area contributed by atoms with E-state index < -0.39 is 0 Å². The monoisotopic (exact) mass is 338 g/mol. The number of amides is 1. The van der Waals surface area contributed by atoms with Gasteiger partial charge < -0.3 is 10.6 Å². The zero-order chi connectivity index (χ0) is 17.8. The van der Waals surface area contributed by atoms with Crippen molar-refractivity contribution in [3.63, 3.8) is 0 Å². The zero-order valence-electron chi connectivity index (χ0n) is 14.1. The largest absolute Gasteiger partial charge is 0.347 e. The van der Waals surface area contributed by atoms with Crippen LogP contribution in [0, 0.1) is 5.82 Å². The molecule has 1 aromatic heterocycles. The van der Waals surface area contributed by atoms with E-state index in [0.29, 0.717) is 17.0 Å². The highest BCUT2D eigenvalue weighted by molar-refractivity contribution is 5.97. The average Bonchev–Trinajstić information content (AvgIpc) is 2.63. The molecule has 0 spiro atoms. The van der Waals surface area contributed by atoms with E-state index in [0.717, 1.165) is 11.8 Å². The van der Waals surface area contributed by atoms with Crippen LogP contribution in [0.15, 0.2) is 48.5 Å². The van der Waals surface area contributed by atoms with Gasteiger partial charge in [0.05, 0.1) is 5.52 Å². The fourth-order valence-electron chi connectivity index (χ4n) is 2.33. The molecule has 0 bridgehead atoms. The Kier molecular flexibility index (Phi) is 4.88. The van der Waals surface area contributed by atoms with E-state index in [1.165, 1.54) is 12.1 Å². The molecule has 3 rings (SSSR count). The lowest BCUT2D eigenvalue weighted by Gasteiger charge is -2.13. The molecule has 2 N–H and O–H groups in total. The first-order chi connectivity index (χ1) is 12.1. The molecule has 0 fully saturated rings. The molecule has 1 amide bonds. The summed E-state index contributed by atoms with van der Waals surface area (Å²) < 4.78 is 13.1. The summed E-state index contributed by atoms with van der Waals surface area (Å²) in [5, 5.41) is 6.79. The van der Waals surface area contributed by atoms with Crippen LogP contribution >= 0.6 is 0 Å². The van der Waals surface area contributed by atoms with Gasteiger partial charge in [0.1, 0.15) is 11.6 Å². The molecular formula is C19H19FN4O. The van der Waals surface area contributed by atoms with Crippen molar-refractivity contribution < 1.29 is 9.18 Å². The summed E-state index contributed by atoms with van der Waals surface area (Å²) in [4.78, 5) is 21.1. The minimum atomic E-state index is -0.317. The Hall–Kier alpha value is -3.02. The van der Waals surface area contributed by atoms with Crippen molar-refractivity contribution in [2.24, 2.45) is 0 Å². The summed E-state index contributed by atoms with van der Waals surface area (Å²) in [5.41, 5.74) is 1.34. The number of halogens is 1. The zero-order valence-corrected chi connectivity index (χ0v) is 14.1. The van der Waals surface area contributed by atoms with Gasteiger partial charge in [-0.1, -0.05) is 19.1 Å². The number of hydrogen-bond donors (Lipinski definition) is 2. The lowest BCUT2D eigenvalue weighted by molar-refractivity contribution is 0.0929. The third kappa shape index (κ3) is 3.91. The lowest BCUT2D eigenvalue weighted by Crippen LogP contribution is -2.33. The van der Waals surface area contributed by atoms with Gasteiger partial charge in [-0.05, 0) is 49.7 Å². The van der Waals surface area contributed by atoms with Gasteiger partial charge in [-0.3, -0.25) is 4.79 Å². The topological polar surface area (TPSA) is 66.9 Å². The number of benzene rings is 2. The van der Waals surface area contributed by atoms with Crippen molar-refractivity contribution in [3.05, 3.63) is 60.2 Å². The SMILES string of the molecule is CC[C@H](C)NC(=O)c1nc(Nc2ccc(F)cc2)c2ccccc2n1. The summed E-state index contributed by atoms with van der Waals surface area (Å²) in [7, 11) is 0. The second kappa shape index (κ2) is 7.25. The van der Waals surface area contributed by atoms with Gasteiger partial charge in [0, 0.05) is 17.1 Å².